The number of rotatable bonds is 1. The third-order valence-corrected chi connectivity index (χ3v) is 2.84. The van der Waals surface area contributed by atoms with Crippen LogP contribution in [0.4, 0.5) is 13.2 Å². The summed E-state index contributed by atoms with van der Waals surface area (Å²) in [6.07, 6.45) is 0. The first-order chi connectivity index (χ1) is 8.65. The fraction of sp³-hybridized carbons (Fsp3) is 0. The quantitative estimate of drug-likeness (QED) is 0.661. The van der Waals surface area contributed by atoms with Crippen LogP contribution in [0.25, 0.3) is 22.2 Å². The molecule has 0 atom stereocenters. The zero-order valence-electron chi connectivity index (χ0n) is 9.18. The second kappa shape index (κ2) is 3.91. The van der Waals surface area contributed by atoms with E-state index < -0.39 is 11.6 Å². The summed E-state index contributed by atoms with van der Waals surface area (Å²) in [7, 11) is 0. The van der Waals surface area contributed by atoms with Gasteiger partial charge in [0.15, 0.2) is 11.6 Å². The van der Waals surface area contributed by atoms with Crippen LogP contribution in [0.3, 0.4) is 0 Å². The van der Waals surface area contributed by atoms with E-state index in [0.29, 0.717) is 22.2 Å². The number of hydrogen-bond donors (Lipinski definition) is 1. The van der Waals surface area contributed by atoms with Crippen molar-refractivity contribution in [2.75, 3.05) is 0 Å². The zero-order valence-corrected chi connectivity index (χ0v) is 9.18. The molecule has 0 saturated heterocycles. The van der Waals surface area contributed by atoms with Crippen molar-refractivity contribution in [3.05, 3.63) is 59.9 Å². The van der Waals surface area contributed by atoms with Crippen LogP contribution in [0.5, 0.6) is 0 Å². The Hall–Kier alpha value is -2.23. The van der Waals surface area contributed by atoms with Gasteiger partial charge in [-0.25, -0.2) is 13.2 Å². The van der Waals surface area contributed by atoms with Crippen molar-refractivity contribution in [1.82, 2.24) is 4.98 Å². The Morgan fingerprint density at radius 2 is 1.61 bits per heavy atom. The van der Waals surface area contributed by atoms with Crippen molar-refractivity contribution in [3.8, 4) is 11.3 Å². The first-order valence-corrected chi connectivity index (χ1v) is 5.38. The number of nitrogens with one attached hydrogen (secondary N) is 1. The lowest BCUT2D eigenvalue weighted by Gasteiger charge is -1.98. The largest absolute Gasteiger partial charge is 0.352 e. The van der Waals surface area contributed by atoms with E-state index in [1.165, 1.54) is 12.1 Å². The number of para-hydroxylation sites is 1. The monoisotopic (exact) mass is 247 g/mol. The van der Waals surface area contributed by atoms with E-state index in [1.54, 1.807) is 18.2 Å². The van der Waals surface area contributed by atoms with Crippen LogP contribution in [-0.4, -0.2) is 4.98 Å². The molecule has 0 radical (unpaired) electrons. The van der Waals surface area contributed by atoms with Crippen molar-refractivity contribution in [1.29, 1.82) is 0 Å². The predicted molar refractivity (Wildman–Crippen MR) is 63.6 cm³/mol. The van der Waals surface area contributed by atoms with Crippen LogP contribution in [0.1, 0.15) is 0 Å². The summed E-state index contributed by atoms with van der Waals surface area (Å²) in [6.45, 7) is 0. The number of halogens is 3. The van der Waals surface area contributed by atoms with Gasteiger partial charge in [0.05, 0.1) is 5.52 Å². The Kier molecular flexibility index (Phi) is 2.37. The molecule has 0 spiro atoms. The Balaban J connectivity index is 2.19. The number of hydrogen-bond acceptors (Lipinski definition) is 0. The highest BCUT2D eigenvalue weighted by Gasteiger charge is 2.09. The first kappa shape index (κ1) is 10.9. The summed E-state index contributed by atoms with van der Waals surface area (Å²) in [5, 5.41) is 0.690. The van der Waals surface area contributed by atoms with Gasteiger partial charge in [-0.3, -0.25) is 0 Å². The Morgan fingerprint density at radius 1 is 0.778 bits per heavy atom. The topological polar surface area (TPSA) is 15.8 Å². The maximum atomic E-state index is 13.5. The zero-order chi connectivity index (χ0) is 12.7. The smallest absolute Gasteiger partial charge is 0.159 e. The first-order valence-electron chi connectivity index (χ1n) is 5.38. The fourth-order valence-corrected chi connectivity index (χ4v) is 1.94. The standard InChI is InChI=1S/C14H8F3N/c15-10-5-4-8(6-12(10)17)13-7-9-2-1-3-11(16)14(9)18-13/h1-7,18H. The van der Waals surface area contributed by atoms with E-state index in [9.17, 15) is 13.2 Å². The molecule has 4 heteroatoms. The van der Waals surface area contributed by atoms with Gasteiger partial charge in [0.25, 0.3) is 0 Å². The molecule has 0 fully saturated rings. The number of aromatic amines is 1. The van der Waals surface area contributed by atoms with Gasteiger partial charge in [0, 0.05) is 16.6 Å². The molecule has 1 aromatic heterocycles. The number of aromatic nitrogens is 1. The van der Waals surface area contributed by atoms with Crippen molar-refractivity contribution in [2.45, 2.75) is 0 Å². The lowest BCUT2D eigenvalue weighted by atomic mass is 10.1. The van der Waals surface area contributed by atoms with E-state index in [0.717, 1.165) is 12.1 Å². The molecule has 0 saturated carbocycles. The van der Waals surface area contributed by atoms with E-state index in [1.807, 2.05) is 0 Å². The average Bonchev–Trinajstić information content (AvgIpc) is 2.78. The van der Waals surface area contributed by atoms with Gasteiger partial charge in [-0.1, -0.05) is 12.1 Å². The van der Waals surface area contributed by atoms with Crippen molar-refractivity contribution < 1.29 is 13.2 Å². The SMILES string of the molecule is Fc1ccc(-c2cc3cccc(F)c3[nH]2)cc1F. The molecular formula is C14H8F3N. The Labute approximate surface area is 101 Å². The molecule has 3 rings (SSSR count). The lowest BCUT2D eigenvalue weighted by molar-refractivity contribution is 0.509. The van der Waals surface area contributed by atoms with Gasteiger partial charge in [-0.15, -0.1) is 0 Å². The molecule has 1 heterocycles. The third-order valence-electron chi connectivity index (χ3n) is 2.84. The molecule has 0 unspecified atom stereocenters. The minimum atomic E-state index is -0.924. The Morgan fingerprint density at radius 3 is 2.33 bits per heavy atom. The molecule has 0 aliphatic carbocycles. The minimum absolute atomic E-state index is 0.359. The second-order valence-electron chi connectivity index (χ2n) is 4.02. The average molecular weight is 247 g/mol. The molecule has 90 valence electrons. The van der Waals surface area contributed by atoms with Gasteiger partial charge in [0.2, 0.25) is 0 Å². The molecule has 3 aromatic rings. The lowest BCUT2D eigenvalue weighted by Crippen LogP contribution is -1.85. The second-order valence-corrected chi connectivity index (χ2v) is 4.02. The molecule has 1 N–H and O–H groups in total. The molecule has 0 aliphatic heterocycles. The third kappa shape index (κ3) is 1.66. The van der Waals surface area contributed by atoms with Gasteiger partial charge in [-0.05, 0) is 30.3 Å². The van der Waals surface area contributed by atoms with E-state index in [-0.39, 0.29) is 5.82 Å². The summed E-state index contributed by atoms with van der Waals surface area (Å²) in [6, 6.07) is 9.96. The summed E-state index contributed by atoms with van der Waals surface area (Å²) >= 11 is 0. The summed E-state index contributed by atoms with van der Waals surface area (Å²) in [5.74, 6) is -2.20. The molecule has 2 aromatic carbocycles. The van der Waals surface area contributed by atoms with E-state index >= 15 is 0 Å². The number of fused-ring (bicyclic) bond motifs is 1. The summed E-state index contributed by atoms with van der Waals surface area (Å²) in [5.41, 5.74) is 1.38. The van der Waals surface area contributed by atoms with Gasteiger partial charge >= 0.3 is 0 Å². The number of benzene rings is 2. The van der Waals surface area contributed by atoms with Crippen molar-refractivity contribution in [2.24, 2.45) is 0 Å². The predicted octanol–water partition coefficient (Wildman–Crippen LogP) is 4.25. The van der Waals surface area contributed by atoms with Crippen LogP contribution in [0.15, 0.2) is 42.5 Å². The van der Waals surface area contributed by atoms with Crippen LogP contribution < -0.4 is 0 Å². The van der Waals surface area contributed by atoms with Gasteiger partial charge < -0.3 is 4.98 Å². The highest BCUT2D eigenvalue weighted by molar-refractivity contribution is 5.86. The molecule has 0 amide bonds. The maximum absolute atomic E-state index is 13.5. The van der Waals surface area contributed by atoms with E-state index in [4.69, 9.17) is 0 Å². The molecule has 0 aliphatic rings. The molecule has 1 nitrogen and oxygen atoms in total. The summed E-state index contributed by atoms with van der Waals surface area (Å²) in [4.78, 5) is 2.86. The molecule has 0 bridgehead atoms. The molecular weight excluding hydrogens is 239 g/mol. The van der Waals surface area contributed by atoms with Crippen LogP contribution in [-0.2, 0) is 0 Å². The van der Waals surface area contributed by atoms with Gasteiger partial charge in [-0.2, -0.15) is 0 Å². The van der Waals surface area contributed by atoms with Crippen LogP contribution in [0, 0.1) is 17.5 Å². The highest BCUT2D eigenvalue weighted by atomic mass is 19.2. The minimum Gasteiger partial charge on any atom is -0.352 e. The van der Waals surface area contributed by atoms with Crippen LogP contribution in [0.2, 0.25) is 0 Å². The maximum Gasteiger partial charge on any atom is 0.159 e. The highest BCUT2D eigenvalue weighted by Crippen LogP contribution is 2.26. The van der Waals surface area contributed by atoms with Crippen molar-refractivity contribution >= 4 is 10.9 Å². The van der Waals surface area contributed by atoms with E-state index in [2.05, 4.69) is 4.98 Å². The van der Waals surface area contributed by atoms with Gasteiger partial charge in [0.1, 0.15) is 5.82 Å². The van der Waals surface area contributed by atoms with Crippen LogP contribution >= 0.6 is 0 Å². The van der Waals surface area contributed by atoms with Crippen molar-refractivity contribution in [3.63, 3.8) is 0 Å². The summed E-state index contributed by atoms with van der Waals surface area (Å²) < 4.78 is 39.5. The Bertz CT molecular complexity index is 731. The number of H-pyrrole nitrogens is 1. The molecule has 18 heavy (non-hydrogen) atoms. The fourth-order valence-electron chi connectivity index (χ4n) is 1.94. The normalized spacial score (nSPS) is 11.1.